The van der Waals surface area contributed by atoms with E-state index in [1.807, 2.05) is 18.8 Å². The fourth-order valence-corrected chi connectivity index (χ4v) is 3.69. The molecule has 3 atom stereocenters. The standard InChI is InChI=1S/C14H27N3OS.HI/c1-15-14(16-8-7-12-4-3-9-18-12)17-11-5-6-13(10-11)19-2;/h11-13H,3-10H2,1-2H3,(H2,15,16,17);1H. The number of rotatable bonds is 5. The van der Waals surface area contributed by atoms with Gasteiger partial charge in [-0.2, -0.15) is 11.8 Å². The number of halogens is 1. The molecule has 2 aliphatic rings. The van der Waals surface area contributed by atoms with E-state index in [1.54, 1.807) is 0 Å². The first-order valence-corrected chi connectivity index (χ1v) is 8.72. The minimum Gasteiger partial charge on any atom is -0.378 e. The van der Waals surface area contributed by atoms with Crippen LogP contribution in [-0.4, -0.2) is 49.8 Å². The SMILES string of the molecule is CN=C(NCCC1CCCO1)NC1CCC(SC)C1.I. The van der Waals surface area contributed by atoms with E-state index < -0.39 is 0 Å². The van der Waals surface area contributed by atoms with Crippen molar-refractivity contribution in [1.82, 2.24) is 10.6 Å². The average Bonchev–Trinajstić information content (AvgIpc) is 3.08. The Hall–Kier alpha value is 0.310. The van der Waals surface area contributed by atoms with Gasteiger partial charge in [0.25, 0.3) is 0 Å². The van der Waals surface area contributed by atoms with E-state index >= 15 is 0 Å². The summed E-state index contributed by atoms with van der Waals surface area (Å²) in [5.41, 5.74) is 0. The lowest BCUT2D eigenvalue weighted by Crippen LogP contribution is -2.43. The summed E-state index contributed by atoms with van der Waals surface area (Å²) in [6.45, 7) is 1.89. The van der Waals surface area contributed by atoms with Gasteiger partial charge in [0.15, 0.2) is 5.96 Å². The Morgan fingerprint density at radius 1 is 1.35 bits per heavy atom. The zero-order valence-corrected chi connectivity index (χ0v) is 15.7. The van der Waals surface area contributed by atoms with Crippen LogP contribution in [0.2, 0.25) is 0 Å². The molecule has 0 aromatic rings. The van der Waals surface area contributed by atoms with Crippen LogP contribution in [0.5, 0.6) is 0 Å². The van der Waals surface area contributed by atoms with E-state index in [4.69, 9.17) is 4.74 Å². The van der Waals surface area contributed by atoms with Crippen LogP contribution in [0.4, 0.5) is 0 Å². The van der Waals surface area contributed by atoms with Crippen LogP contribution >= 0.6 is 35.7 Å². The van der Waals surface area contributed by atoms with Crippen LogP contribution < -0.4 is 10.6 Å². The second-order valence-electron chi connectivity index (χ2n) is 5.43. The van der Waals surface area contributed by atoms with Crippen molar-refractivity contribution in [1.29, 1.82) is 0 Å². The molecule has 3 unspecified atom stereocenters. The third kappa shape index (κ3) is 5.97. The Morgan fingerprint density at radius 3 is 2.80 bits per heavy atom. The molecule has 1 saturated heterocycles. The monoisotopic (exact) mass is 413 g/mol. The third-order valence-electron chi connectivity index (χ3n) is 4.07. The number of hydrogen-bond donors (Lipinski definition) is 2. The molecule has 4 nitrogen and oxygen atoms in total. The summed E-state index contributed by atoms with van der Waals surface area (Å²) in [6, 6.07) is 0.589. The molecule has 6 heteroatoms. The number of aliphatic imine (C=N–C) groups is 1. The number of hydrogen-bond acceptors (Lipinski definition) is 3. The van der Waals surface area contributed by atoms with Crippen molar-refractivity contribution in [2.75, 3.05) is 26.5 Å². The van der Waals surface area contributed by atoms with Crippen LogP contribution in [-0.2, 0) is 4.74 Å². The van der Waals surface area contributed by atoms with Gasteiger partial charge in [0.2, 0.25) is 0 Å². The summed E-state index contributed by atoms with van der Waals surface area (Å²) in [5.74, 6) is 0.949. The first-order valence-electron chi connectivity index (χ1n) is 7.43. The first kappa shape index (κ1) is 18.4. The molecular weight excluding hydrogens is 385 g/mol. The van der Waals surface area contributed by atoms with Crippen LogP contribution in [0.25, 0.3) is 0 Å². The second kappa shape index (κ2) is 10.1. The minimum atomic E-state index is 0. The largest absolute Gasteiger partial charge is 0.378 e. The van der Waals surface area contributed by atoms with Crippen LogP contribution in [0.1, 0.15) is 38.5 Å². The van der Waals surface area contributed by atoms with Crippen molar-refractivity contribution in [3.8, 4) is 0 Å². The van der Waals surface area contributed by atoms with Crippen molar-refractivity contribution >= 4 is 41.7 Å². The molecule has 1 aliphatic heterocycles. The van der Waals surface area contributed by atoms with Gasteiger partial charge in [0.1, 0.15) is 0 Å². The highest BCUT2D eigenvalue weighted by Crippen LogP contribution is 2.27. The van der Waals surface area contributed by atoms with E-state index in [2.05, 4.69) is 21.9 Å². The number of ether oxygens (including phenoxy) is 1. The molecule has 0 aromatic heterocycles. The van der Waals surface area contributed by atoms with E-state index in [0.29, 0.717) is 12.1 Å². The van der Waals surface area contributed by atoms with Gasteiger partial charge in [0.05, 0.1) is 6.10 Å². The third-order valence-corrected chi connectivity index (χ3v) is 5.16. The molecule has 0 bridgehead atoms. The molecule has 2 rings (SSSR count). The molecule has 118 valence electrons. The molecule has 1 heterocycles. The zero-order valence-electron chi connectivity index (χ0n) is 12.6. The highest BCUT2D eigenvalue weighted by atomic mass is 127. The average molecular weight is 413 g/mol. The molecule has 2 N–H and O–H groups in total. The first-order chi connectivity index (χ1) is 9.31. The molecule has 1 saturated carbocycles. The van der Waals surface area contributed by atoms with E-state index in [9.17, 15) is 0 Å². The second-order valence-corrected chi connectivity index (χ2v) is 6.57. The van der Waals surface area contributed by atoms with Gasteiger partial charge >= 0.3 is 0 Å². The Kier molecular flexibility index (Phi) is 9.28. The number of thioether (sulfide) groups is 1. The summed E-state index contributed by atoms with van der Waals surface area (Å²) >= 11 is 1.99. The van der Waals surface area contributed by atoms with Crippen molar-refractivity contribution in [2.24, 2.45) is 4.99 Å². The lowest BCUT2D eigenvalue weighted by atomic mass is 10.2. The number of nitrogens with zero attached hydrogens (tertiary/aromatic N) is 1. The summed E-state index contributed by atoms with van der Waals surface area (Å²) < 4.78 is 5.63. The maximum atomic E-state index is 5.63. The predicted molar refractivity (Wildman–Crippen MR) is 98.4 cm³/mol. The van der Waals surface area contributed by atoms with Gasteiger partial charge < -0.3 is 15.4 Å². The number of guanidine groups is 1. The highest BCUT2D eigenvalue weighted by Gasteiger charge is 2.24. The molecular formula is C14H28IN3OS. The van der Waals surface area contributed by atoms with Gasteiger partial charge in [-0.05, 0) is 44.8 Å². The zero-order chi connectivity index (χ0) is 13.5. The fourth-order valence-electron chi connectivity index (χ4n) is 2.90. The Balaban J connectivity index is 0.00000200. The van der Waals surface area contributed by atoms with Crippen molar-refractivity contribution < 1.29 is 4.74 Å². The Bertz CT molecular complexity index is 298. The maximum absolute atomic E-state index is 5.63. The maximum Gasteiger partial charge on any atom is 0.191 e. The summed E-state index contributed by atoms with van der Waals surface area (Å²) in [5, 5.41) is 7.77. The highest BCUT2D eigenvalue weighted by molar-refractivity contribution is 14.0. The van der Waals surface area contributed by atoms with Gasteiger partial charge in [0, 0.05) is 31.5 Å². The Morgan fingerprint density at radius 2 is 2.20 bits per heavy atom. The Labute approximate surface area is 144 Å². The van der Waals surface area contributed by atoms with Crippen molar-refractivity contribution in [3.05, 3.63) is 0 Å². The van der Waals surface area contributed by atoms with Crippen LogP contribution in [0.15, 0.2) is 4.99 Å². The molecule has 20 heavy (non-hydrogen) atoms. The lowest BCUT2D eigenvalue weighted by molar-refractivity contribution is 0.105. The predicted octanol–water partition coefficient (Wildman–Crippen LogP) is 2.62. The van der Waals surface area contributed by atoms with Gasteiger partial charge in [-0.25, -0.2) is 0 Å². The quantitative estimate of drug-likeness (QED) is 0.413. The fraction of sp³-hybridized carbons (Fsp3) is 0.929. The molecule has 0 aromatic carbocycles. The molecule has 1 aliphatic carbocycles. The van der Waals surface area contributed by atoms with Gasteiger partial charge in [-0.15, -0.1) is 24.0 Å². The smallest absolute Gasteiger partial charge is 0.191 e. The van der Waals surface area contributed by atoms with Crippen molar-refractivity contribution in [3.63, 3.8) is 0 Å². The lowest BCUT2D eigenvalue weighted by Gasteiger charge is -2.18. The summed E-state index contributed by atoms with van der Waals surface area (Å²) in [4.78, 5) is 4.31. The molecule has 0 amide bonds. The normalized spacial score (nSPS) is 30.1. The van der Waals surface area contributed by atoms with E-state index in [0.717, 1.165) is 30.8 Å². The van der Waals surface area contributed by atoms with Gasteiger partial charge in [-0.1, -0.05) is 0 Å². The molecule has 0 radical (unpaired) electrons. The minimum absolute atomic E-state index is 0. The topological polar surface area (TPSA) is 45.7 Å². The van der Waals surface area contributed by atoms with Crippen LogP contribution in [0.3, 0.4) is 0 Å². The van der Waals surface area contributed by atoms with E-state index in [1.165, 1.54) is 32.1 Å². The number of nitrogens with one attached hydrogen (secondary N) is 2. The van der Waals surface area contributed by atoms with Gasteiger partial charge in [-0.3, -0.25) is 4.99 Å². The molecule has 2 fully saturated rings. The van der Waals surface area contributed by atoms with E-state index in [-0.39, 0.29) is 24.0 Å². The summed E-state index contributed by atoms with van der Waals surface area (Å²) in [6.07, 6.45) is 10.0. The molecule has 0 spiro atoms. The van der Waals surface area contributed by atoms with Crippen LogP contribution in [0, 0.1) is 0 Å². The van der Waals surface area contributed by atoms with Crippen molar-refractivity contribution in [2.45, 2.75) is 55.9 Å². The summed E-state index contributed by atoms with van der Waals surface area (Å²) in [7, 11) is 1.85.